The molecule has 0 fully saturated rings. The smallest absolute Gasteiger partial charge is 0.250 e. The molecule has 0 bridgehead atoms. The first-order chi connectivity index (χ1) is 18.0. The number of rotatable bonds is 10. The second-order valence-corrected chi connectivity index (χ2v) is 9.08. The van der Waals surface area contributed by atoms with E-state index < -0.39 is 0 Å². The minimum absolute atomic E-state index is 0.0758. The lowest BCUT2D eigenvalue weighted by molar-refractivity contribution is -0.118. The van der Waals surface area contributed by atoms with Crippen molar-refractivity contribution < 1.29 is 14.6 Å². The van der Waals surface area contributed by atoms with E-state index in [1.165, 1.54) is 18.0 Å². The highest BCUT2D eigenvalue weighted by atomic mass is 32.2. The van der Waals surface area contributed by atoms with Gasteiger partial charge in [0.05, 0.1) is 19.1 Å². The molecule has 188 valence electrons. The molecule has 3 aromatic carbocycles. The number of phenols is 1. The Kier molecular flexibility index (Phi) is 8.37. The number of aromatic nitrogens is 3. The van der Waals surface area contributed by atoms with E-state index in [4.69, 9.17) is 4.74 Å². The number of ether oxygens (including phenoxy) is 1. The number of hydrogen-bond donors (Lipinski definition) is 2. The van der Waals surface area contributed by atoms with Crippen LogP contribution in [0.2, 0.25) is 0 Å². The molecular formula is C28H27N5O3S. The summed E-state index contributed by atoms with van der Waals surface area (Å²) in [6.45, 7) is 5.72. The molecule has 0 aliphatic carbocycles. The molecule has 1 heterocycles. The lowest BCUT2D eigenvalue weighted by Crippen LogP contribution is -2.20. The van der Waals surface area contributed by atoms with Gasteiger partial charge in [0.2, 0.25) is 0 Å². The zero-order valence-electron chi connectivity index (χ0n) is 20.6. The van der Waals surface area contributed by atoms with Crippen molar-refractivity contribution in [3.05, 3.63) is 96.1 Å². The standard InChI is InChI=1S/C28H27N5O3S/c1-4-6-20-7-5-8-22(26(20)35)17-29-30-25(34)18-37-28-32-31-27(21-11-15-24(36-3)16-12-21)33(28)23-13-9-19(2)10-14-23/h4-5,7-17,35H,1,6,18H2,2-3H3,(H,30,34). The van der Waals surface area contributed by atoms with Crippen LogP contribution in [0.15, 0.2) is 89.6 Å². The third-order valence-corrected chi connectivity index (χ3v) is 6.44. The molecule has 8 nitrogen and oxygen atoms in total. The number of hydrazone groups is 1. The topological polar surface area (TPSA) is 102 Å². The second kappa shape index (κ2) is 12.0. The lowest BCUT2D eigenvalue weighted by atomic mass is 10.1. The fraction of sp³-hybridized carbons (Fsp3) is 0.143. The maximum absolute atomic E-state index is 12.5. The summed E-state index contributed by atoms with van der Waals surface area (Å²) < 4.78 is 7.19. The number of carbonyl (C=O) groups excluding carboxylic acids is 1. The first-order valence-electron chi connectivity index (χ1n) is 11.5. The van der Waals surface area contributed by atoms with Crippen LogP contribution in [0.5, 0.6) is 11.5 Å². The van der Waals surface area contributed by atoms with Crippen molar-refractivity contribution >= 4 is 23.9 Å². The Bertz CT molecular complexity index is 1410. The zero-order valence-corrected chi connectivity index (χ0v) is 21.4. The van der Waals surface area contributed by atoms with Crippen molar-refractivity contribution in [2.75, 3.05) is 12.9 Å². The molecule has 9 heteroatoms. The number of amides is 1. The highest BCUT2D eigenvalue weighted by Crippen LogP contribution is 2.29. The van der Waals surface area contributed by atoms with Crippen LogP contribution in [0.3, 0.4) is 0 Å². The number of methoxy groups -OCH3 is 1. The molecule has 0 atom stereocenters. The Morgan fingerprint density at radius 3 is 2.59 bits per heavy atom. The normalized spacial score (nSPS) is 11.0. The van der Waals surface area contributed by atoms with Gasteiger partial charge in [0, 0.05) is 16.8 Å². The molecule has 0 saturated carbocycles. The van der Waals surface area contributed by atoms with Gasteiger partial charge in [-0.1, -0.05) is 47.7 Å². The van der Waals surface area contributed by atoms with Gasteiger partial charge >= 0.3 is 0 Å². The SMILES string of the molecule is C=CCc1cccc(C=NNC(=O)CSc2nnc(-c3ccc(OC)cc3)n2-c2ccc(C)cc2)c1O. The number of phenolic OH excluding ortho intramolecular Hbond substituents is 1. The summed E-state index contributed by atoms with van der Waals surface area (Å²) in [6.07, 6.45) is 3.67. The van der Waals surface area contributed by atoms with Crippen LogP contribution in [-0.2, 0) is 11.2 Å². The number of nitrogens with one attached hydrogen (secondary N) is 1. The van der Waals surface area contributed by atoms with Gasteiger partial charge in [0.25, 0.3) is 5.91 Å². The van der Waals surface area contributed by atoms with Crippen molar-refractivity contribution in [3.63, 3.8) is 0 Å². The highest BCUT2D eigenvalue weighted by molar-refractivity contribution is 7.99. The highest BCUT2D eigenvalue weighted by Gasteiger charge is 2.17. The number of benzene rings is 3. The van der Waals surface area contributed by atoms with Crippen molar-refractivity contribution in [1.82, 2.24) is 20.2 Å². The van der Waals surface area contributed by atoms with E-state index in [0.717, 1.165) is 28.1 Å². The van der Waals surface area contributed by atoms with Crippen LogP contribution in [0, 0.1) is 6.92 Å². The van der Waals surface area contributed by atoms with Crippen molar-refractivity contribution in [2.24, 2.45) is 5.10 Å². The Hall–Kier alpha value is -4.37. The third-order valence-electron chi connectivity index (χ3n) is 5.51. The minimum Gasteiger partial charge on any atom is -0.507 e. The van der Waals surface area contributed by atoms with E-state index in [9.17, 15) is 9.90 Å². The van der Waals surface area contributed by atoms with Crippen LogP contribution < -0.4 is 10.2 Å². The molecule has 37 heavy (non-hydrogen) atoms. The average molecular weight is 514 g/mol. The largest absolute Gasteiger partial charge is 0.507 e. The van der Waals surface area contributed by atoms with Crippen LogP contribution in [0.25, 0.3) is 17.1 Å². The molecule has 0 spiro atoms. The molecule has 0 aliphatic heterocycles. The maximum atomic E-state index is 12.5. The van der Waals surface area contributed by atoms with Crippen LogP contribution in [-0.4, -0.2) is 44.9 Å². The van der Waals surface area contributed by atoms with Crippen molar-refractivity contribution in [3.8, 4) is 28.6 Å². The van der Waals surface area contributed by atoms with Crippen LogP contribution in [0.1, 0.15) is 16.7 Å². The zero-order chi connectivity index (χ0) is 26.2. The van der Waals surface area contributed by atoms with Gasteiger partial charge < -0.3 is 9.84 Å². The summed E-state index contributed by atoms with van der Waals surface area (Å²) in [5.74, 6) is 1.28. The van der Waals surface area contributed by atoms with Gasteiger partial charge in [-0.15, -0.1) is 16.8 Å². The molecule has 0 aliphatic rings. The van der Waals surface area contributed by atoms with Gasteiger partial charge in [-0.3, -0.25) is 9.36 Å². The summed E-state index contributed by atoms with van der Waals surface area (Å²) in [5.41, 5.74) is 6.64. The number of para-hydroxylation sites is 1. The monoisotopic (exact) mass is 513 g/mol. The Morgan fingerprint density at radius 1 is 1.14 bits per heavy atom. The van der Waals surface area contributed by atoms with E-state index >= 15 is 0 Å². The summed E-state index contributed by atoms with van der Waals surface area (Å²) >= 11 is 1.25. The van der Waals surface area contributed by atoms with Gasteiger partial charge in [-0.2, -0.15) is 5.10 Å². The number of allylic oxidation sites excluding steroid dienone is 1. The summed E-state index contributed by atoms with van der Waals surface area (Å²) in [6, 6.07) is 20.9. The molecule has 1 amide bonds. The van der Waals surface area contributed by atoms with Crippen LogP contribution in [0.4, 0.5) is 0 Å². The summed E-state index contributed by atoms with van der Waals surface area (Å²) in [7, 11) is 1.62. The summed E-state index contributed by atoms with van der Waals surface area (Å²) in [5, 5.41) is 23.7. The quantitative estimate of drug-likeness (QED) is 0.135. The predicted octanol–water partition coefficient (Wildman–Crippen LogP) is 4.93. The molecule has 1 aromatic heterocycles. The van der Waals surface area contributed by atoms with Gasteiger partial charge in [0.15, 0.2) is 11.0 Å². The van der Waals surface area contributed by atoms with E-state index in [1.54, 1.807) is 19.3 Å². The maximum Gasteiger partial charge on any atom is 0.250 e. The van der Waals surface area contributed by atoms with Gasteiger partial charge in [-0.25, -0.2) is 5.43 Å². The minimum atomic E-state index is -0.313. The molecule has 0 saturated heterocycles. The number of hydrogen-bond acceptors (Lipinski definition) is 7. The van der Waals surface area contributed by atoms with Crippen molar-refractivity contribution in [2.45, 2.75) is 18.5 Å². The fourth-order valence-electron chi connectivity index (χ4n) is 3.59. The number of carbonyl (C=O) groups is 1. The van der Waals surface area contributed by atoms with E-state index in [1.807, 2.05) is 72.2 Å². The number of aromatic hydroxyl groups is 1. The number of thioether (sulfide) groups is 1. The number of aryl methyl sites for hydroxylation is 1. The number of nitrogens with zero attached hydrogens (tertiary/aromatic N) is 4. The van der Waals surface area contributed by atoms with E-state index in [0.29, 0.717) is 23.0 Å². The van der Waals surface area contributed by atoms with E-state index in [2.05, 4.69) is 27.3 Å². The Labute approximate surface area is 219 Å². The van der Waals surface area contributed by atoms with Crippen molar-refractivity contribution in [1.29, 1.82) is 0 Å². The second-order valence-electron chi connectivity index (χ2n) is 8.14. The van der Waals surface area contributed by atoms with Gasteiger partial charge in [0.1, 0.15) is 11.5 Å². The van der Waals surface area contributed by atoms with E-state index in [-0.39, 0.29) is 17.4 Å². The molecule has 0 radical (unpaired) electrons. The molecule has 4 aromatic rings. The van der Waals surface area contributed by atoms with Crippen LogP contribution >= 0.6 is 11.8 Å². The molecule has 2 N–H and O–H groups in total. The predicted molar refractivity (Wildman–Crippen MR) is 147 cm³/mol. The fourth-order valence-corrected chi connectivity index (χ4v) is 4.33. The first kappa shape index (κ1) is 25.7. The third kappa shape index (κ3) is 6.25. The molecule has 0 unspecified atom stereocenters. The average Bonchev–Trinajstić information content (AvgIpc) is 3.34. The molecular weight excluding hydrogens is 486 g/mol. The lowest BCUT2D eigenvalue weighted by Gasteiger charge is -2.11. The Morgan fingerprint density at radius 2 is 1.89 bits per heavy atom. The summed E-state index contributed by atoms with van der Waals surface area (Å²) in [4.78, 5) is 12.5. The Balaban J connectivity index is 1.50. The molecule has 4 rings (SSSR count). The first-order valence-corrected chi connectivity index (χ1v) is 12.5. The van der Waals surface area contributed by atoms with Gasteiger partial charge in [-0.05, 0) is 61.4 Å².